The van der Waals surface area contributed by atoms with Gasteiger partial charge in [0.15, 0.2) is 5.16 Å². The molecule has 1 aliphatic heterocycles. The second-order valence-corrected chi connectivity index (χ2v) is 10.2. The lowest BCUT2D eigenvalue weighted by atomic mass is 10.00. The average molecular weight is 468 g/mol. The van der Waals surface area contributed by atoms with Crippen molar-refractivity contribution in [3.05, 3.63) is 60.1 Å². The van der Waals surface area contributed by atoms with Crippen molar-refractivity contribution in [2.45, 2.75) is 56.5 Å². The summed E-state index contributed by atoms with van der Waals surface area (Å²) in [4.78, 5) is 15.1. The number of piperidine rings is 1. The molecule has 1 N–H and O–H groups in total. The summed E-state index contributed by atoms with van der Waals surface area (Å²) in [6, 6.07) is 14.1. The Morgan fingerprint density at radius 1 is 1.15 bits per heavy atom. The number of aromatic nitrogens is 3. The van der Waals surface area contributed by atoms with E-state index in [-0.39, 0.29) is 17.1 Å². The second kappa shape index (κ2) is 10.9. The summed E-state index contributed by atoms with van der Waals surface area (Å²) >= 11 is 1.44. The van der Waals surface area contributed by atoms with Crippen molar-refractivity contribution >= 4 is 23.6 Å². The minimum atomic E-state index is -0.290. The third-order valence-corrected chi connectivity index (χ3v) is 7.34. The van der Waals surface area contributed by atoms with E-state index in [2.05, 4.69) is 51.0 Å². The summed E-state index contributed by atoms with van der Waals surface area (Å²) in [5.41, 5.74) is 1.22. The maximum absolute atomic E-state index is 12.8. The summed E-state index contributed by atoms with van der Waals surface area (Å²) in [5, 5.41) is 12.5. The highest BCUT2D eigenvalue weighted by atomic mass is 32.2. The van der Waals surface area contributed by atoms with Gasteiger partial charge in [0.05, 0.1) is 18.1 Å². The zero-order valence-electron chi connectivity index (χ0n) is 19.6. The molecule has 4 rings (SSSR count). The zero-order valence-corrected chi connectivity index (χ0v) is 20.4. The van der Waals surface area contributed by atoms with Crippen LogP contribution in [0.2, 0.25) is 0 Å². The smallest absolute Gasteiger partial charge is 0.233 e. The van der Waals surface area contributed by atoms with Crippen LogP contribution >= 0.6 is 11.8 Å². The van der Waals surface area contributed by atoms with Crippen molar-refractivity contribution in [1.29, 1.82) is 0 Å². The maximum Gasteiger partial charge on any atom is 0.233 e. The molecule has 33 heavy (non-hydrogen) atoms. The topological polar surface area (TPSA) is 76.2 Å². The van der Waals surface area contributed by atoms with E-state index in [1.807, 2.05) is 37.3 Å². The van der Waals surface area contributed by atoms with Crippen molar-refractivity contribution in [3.8, 4) is 0 Å². The molecule has 0 spiro atoms. The third-order valence-electron chi connectivity index (χ3n) is 6.26. The third kappa shape index (κ3) is 5.99. The zero-order chi connectivity index (χ0) is 23.2. The molecule has 3 heterocycles. The summed E-state index contributed by atoms with van der Waals surface area (Å²) < 4.78 is 7.68. The maximum atomic E-state index is 12.8. The average Bonchev–Trinajstić information content (AvgIpc) is 3.49. The summed E-state index contributed by atoms with van der Waals surface area (Å²) in [7, 11) is 0. The van der Waals surface area contributed by atoms with E-state index in [0.717, 1.165) is 48.7 Å². The Morgan fingerprint density at radius 3 is 2.61 bits per heavy atom. The van der Waals surface area contributed by atoms with Gasteiger partial charge in [0.1, 0.15) is 5.76 Å². The quantitative estimate of drug-likeness (QED) is 0.465. The predicted octanol–water partition coefficient (Wildman–Crippen LogP) is 4.56. The number of amides is 1. The Balaban J connectivity index is 1.43. The molecule has 1 aromatic carbocycles. The van der Waals surface area contributed by atoms with Gasteiger partial charge in [-0.25, -0.2) is 0 Å². The Kier molecular flexibility index (Phi) is 7.75. The minimum Gasteiger partial charge on any atom is -0.467 e. The largest absolute Gasteiger partial charge is 0.467 e. The Hall–Kier alpha value is -2.74. The van der Waals surface area contributed by atoms with Crippen LogP contribution in [0.3, 0.4) is 0 Å². The number of carbonyl (C=O) groups is 1. The fourth-order valence-corrected chi connectivity index (χ4v) is 4.88. The van der Waals surface area contributed by atoms with Crippen molar-refractivity contribution in [2.75, 3.05) is 24.5 Å². The lowest BCUT2D eigenvalue weighted by Crippen LogP contribution is -2.35. The lowest BCUT2D eigenvalue weighted by molar-refractivity contribution is -0.120. The first-order valence-corrected chi connectivity index (χ1v) is 12.6. The highest BCUT2D eigenvalue weighted by Crippen LogP contribution is 2.29. The number of hydrogen-bond acceptors (Lipinski definition) is 6. The number of nitrogens with zero attached hydrogens (tertiary/aromatic N) is 4. The molecule has 2 atom stereocenters. The number of benzene rings is 1. The van der Waals surface area contributed by atoms with Gasteiger partial charge in [-0.15, -0.1) is 10.2 Å². The first-order chi connectivity index (χ1) is 16.0. The molecule has 7 nitrogen and oxygen atoms in total. The van der Waals surface area contributed by atoms with Gasteiger partial charge in [-0.2, -0.15) is 0 Å². The van der Waals surface area contributed by atoms with Crippen LogP contribution in [0.15, 0.2) is 58.3 Å². The van der Waals surface area contributed by atoms with Gasteiger partial charge in [0.25, 0.3) is 0 Å². The van der Waals surface area contributed by atoms with Crippen molar-refractivity contribution < 1.29 is 9.21 Å². The van der Waals surface area contributed by atoms with Crippen LogP contribution in [0.4, 0.5) is 5.95 Å². The van der Waals surface area contributed by atoms with E-state index in [1.165, 1.54) is 17.3 Å². The number of thioether (sulfide) groups is 1. The van der Waals surface area contributed by atoms with Crippen LogP contribution in [-0.2, 0) is 11.3 Å². The van der Waals surface area contributed by atoms with Gasteiger partial charge in [0.2, 0.25) is 11.9 Å². The minimum absolute atomic E-state index is 0.00340. The van der Waals surface area contributed by atoms with Crippen LogP contribution in [-0.4, -0.2) is 45.6 Å². The van der Waals surface area contributed by atoms with Crippen LogP contribution in [0.1, 0.15) is 50.9 Å². The molecule has 1 amide bonds. The van der Waals surface area contributed by atoms with Gasteiger partial charge >= 0.3 is 0 Å². The van der Waals surface area contributed by atoms with Gasteiger partial charge in [-0.1, -0.05) is 55.9 Å². The van der Waals surface area contributed by atoms with Crippen LogP contribution in [0.5, 0.6) is 0 Å². The fraction of sp³-hybridized carbons (Fsp3) is 0.480. The number of anilines is 1. The molecule has 3 aromatic rings. The normalized spacial score (nSPS) is 16.5. The van der Waals surface area contributed by atoms with Crippen LogP contribution in [0.25, 0.3) is 0 Å². The Labute approximate surface area is 199 Å². The van der Waals surface area contributed by atoms with Crippen molar-refractivity contribution in [2.24, 2.45) is 5.92 Å². The van der Waals surface area contributed by atoms with Crippen LogP contribution < -0.4 is 10.2 Å². The molecule has 0 saturated carbocycles. The number of rotatable bonds is 9. The summed E-state index contributed by atoms with van der Waals surface area (Å²) in [6.07, 6.45) is 3.97. The first kappa shape index (κ1) is 23.4. The Bertz CT molecular complexity index is 1010. The van der Waals surface area contributed by atoms with E-state index < -0.39 is 0 Å². The molecule has 176 valence electrons. The van der Waals surface area contributed by atoms with E-state index >= 15 is 0 Å². The van der Waals surface area contributed by atoms with Crippen LogP contribution in [0, 0.1) is 5.92 Å². The monoisotopic (exact) mass is 467 g/mol. The Morgan fingerprint density at radius 2 is 1.91 bits per heavy atom. The number of nitrogens with one attached hydrogen (secondary N) is 1. The second-order valence-electron chi connectivity index (χ2n) is 8.93. The number of furan rings is 1. The molecule has 8 heteroatoms. The van der Waals surface area contributed by atoms with Gasteiger partial charge in [-0.05, 0) is 49.3 Å². The molecule has 0 radical (unpaired) electrons. The van der Waals surface area contributed by atoms with Gasteiger partial charge < -0.3 is 14.6 Å². The number of hydrogen-bond donors (Lipinski definition) is 1. The lowest BCUT2D eigenvalue weighted by Gasteiger charge is -2.31. The van der Waals surface area contributed by atoms with E-state index in [1.54, 1.807) is 6.26 Å². The molecular formula is C25H33N5O2S. The molecule has 2 unspecified atom stereocenters. The first-order valence-electron chi connectivity index (χ1n) is 11.7. The molecular weight excluding hydrogens is 434 g/mol. The van der Waals surface area contributed by atoms with Gasteiger partial charge in [-0.3, -0.25) is 9.36 Å². The fourth-order valence-electron chi connectivity index (χ4n) is 4.02. The molecule has 1 fully saturated rings. The standard InChI is InChI=1S/C25H33N5O2S/c1-18-11-13-29(14-12-18)24-27-28-25(30(24)17-22-10-7-15-32-22)33-20(3)23(31)26-16-19(2)21-8-5-4-6-9-21/h4-10,15,18-20H,11-14,16-17H2,1-3H3,(H,26,31). The number of carbonyl (C=O) groups excluding carboxylic acids is 1. The van der Waals surface area contributed by atoms with E-state index in [9.17, 15) is 4.79 Å². The molecule has 1 aliphatic rings. The predicted molar refractivity (Wildman–Crippen MR) is 132 cm³/mol. The molecule has 0 aliphatic carbocycles. The molecule has 0 bridgehead atoms. The highest BCUT2D eigenvalue weighted by molar-refractivity contribution is 8.00. The van der Waals surface area contributed by atoms with Crippen molar-refractivity contribution in [3.63, 3.8) is 0 Å². The van der Waals surface area contributed by atoms with Gasteiger partial charge in [0, 0.05) is 19.6 Å². The van der Waals surface area contributed by atoms with E-state index in [0.29, 0.717) is 13.1 Å². The SMILES string of the molecule is CC1CCN(c2nnc(SC(C)C(=O)NCC(C)c3ccccc3)n2Cc2ccco2)CC1. The molecule has 1 saturated heterocycles. The molecule has 2 aromatic heterocycles. The van der Waals surface area contributed by atoms with Crippen molar-refractivity contribution in [1.82, 2.24) is 20.1 Å². The summed E-state index contributed by atoms with van der Waals surface area (Å²) in [5.74, 6) is 2.69. The highest BCUT2D eigenvalue weighted by Gasteiger charge is 2.25. The summed E-state index contributed by atoms with van der Waals surface area (Å²) in [6.45, 7) is 9.42. The van der Waals surface area contributed by atoms with E-state index in [4.69, 9.17) is 4.42 Å².